The van der Waals surface area contributed by atoms with Crippen molar-refractivity contribution in [3.05, 3.63) is 71.3 Å². The largest absolute Gasteiger partial charge is 0.469 e. The Kier molecular flexibility index (Phi) is 6.55. The summed E-state index contributed by atoms with van der Waals surface area (Å²) in [4.78, 5) is 43.6. The van der Waals surface area contributed by atoms with Crippen molar-refractivity contribution >= 4 is 17.8 Å². The van der Waals surface area contributed by atoms with E-state index in [9.17, 15) is 14.4 Å². The normalized spacial score (nSPS) is 23.1. The van der Waals surface area contributed by atoms with Gasteiger partial charge >= 0.3 is 5.97 Å². The lowest BCUT2D eigenvalue weighted by molar-refractivity contribution is -0.146. The topological polar surface area (TPSA) is 79.0 Å². The number of nitrogens with zero attached hydrogens (tertiary/aromatic N) is 2. The number of rotatable bonds is 4. The molecule has 2 heterocycles. The number of esters is 1. The van der Waals surface area contributed by atoms with Gasteiger partial charge in [0.2, 0.25) is 5.91 Å². The van der Waals surface area contributed by atoms with Gasteiger partial charge in [0.1, 0.15) is 6.04 Å². The molecule has 3 unspecified atom stereocenters. The first-order chi connectivity index (χ1) is 15.5. The van der Waals surface area contributed by atoms with Gasteiger partial charge in [0.25, 0.3) is 5.91 Å². The van der Waals surface area contributed by atoms with Gasteiger partial charge in [-0.05, 0) is 31.0 Å². The molecule has 2 aliphatic rings. The summed E-state index contributed by atoms with van der Waals surface area (Å²) >= 11 is 0. The molecule has 0 spiro atoms. The molecule has 3 atom stereocenters. The predicted molar refractivity (Wildman–Crippen MR) is 120 cm³/mol. The van der Waals surface area contributed by atoms with E-state index in [1.54, 1.807) is 34.1 Å². The minimum Gasteiger partial charge on any atom is -0.469 e. The maximum absolute atomic E-state index is 13.7. The van der Waals surface area contributed by atoms with E-state index in [4.69, 9.17) is 4.74 Å². The van der Waals surface area contributed by atoms with Gasteiger partial charge in [0.05, 0.1) is 19.1 Å². The summed E-state index contributed by atoms with van der Waals surface area (Å²) in [5.74, 6) is -1.39. The van der Waals surface area contributed by atoms with E-state index in [2.05, 4.69) is 5.32 Å². The van der Waals surface area contributed by atoms with Crippen LogP contribution >= 0.6 is 0 Å². The molecule has 2 aromatic carbocycles. The number of methoxy groups -OCH3 is 1. The molecule has 7 nitrogen and oxygen atoms in total. The van der Waals surface area contributed by atoms with E-state index in [1.807, 2.05) is 37.3 Å². The molecule has 0 aromatic heterocycles. The first-order valence-corrected chi connectivity index (χ1v) is 11.0. The van der Waals surface area contributed by atoms with Gasteiger partial charge in [-0.25, -0.2) is 0 Å². The van der Waals surface area contributed by atoms with Crippen molar-refractivity contribution in [3.63, 3.8) is 0 Å². The fourth-order valence-corrected chi connectivity index (χ4v) is 4.72. The van der Waals surface area contributed by atoms with Crippen LogP contribution in [0.25, 0.3) is 0 Å². The van der Waals surface area contributed by atoms with E-state index in [-0.39, 0.29) is 18.2 Å². The van der Waals surface area contributed by atoms with E-state index < -0.39 is 24.0 Å². The molecule has 2 saturated heterocycles. The van der Waals surface area contributed by atoms with Crippen LogP contribution in [0.2, 0.25) is 0 Å². The van der Waals surface area contributed by atoms with Crippen molar-refractivity contribution in [2.75, 3.05) is 33.3 Å². The van der Waals surface area contributed by atoms with Crippen LogP contribution in [0.3, 0.4) is 0 Å². The number of likely N-dealkylation sites (tertiary alicyclic amines) is 1. The van der Waals surface area contributed by atoms with Crippen LogP contribution in [0.15, 0.2) is 54.6 Å². The molecule has 2 fully saturated rings. The van der Waals surface area contributed by atoms with Gasteiger partial charge in [0, 0.05) is 31.7 Å². The van der Waals surface area contributed by atoms with Gasteiger partial charge in [-0.3, -0.25) is 14.4 Å². The number of carbonyl (C=O) groups excluding carboxylic acids is 3. The van der Waals surface area contributed by atoms with Crippen molar-refractivity contribution in [2.24, 2.45) is 5.92 Å². The Labute approximate surface area is 188 Å². The lowest BCUT2D eigenvalue weighted by Crippen LogP contribution is -2.53. The molecule has 0 bridgehead atoms. The number of hydrogen-bond donors (Lipinski definition) is 1. The highest BCUT2D eigenvalue weighted by Gasteiger charge is 2.51. The molecule has 2 amide bonds. The average Bonchev–Trinajstić information content (AvgIpc) is 3.24. The standard InChI is InChI=1S/C25H29N3O4/c1-17-8-10-18(11-9-17)22-20(25(31)32-2)16-21(24(30)27-14-12-26-13-15-27)28(22)23(29)19-6-4-3-5-7-19/h3-11,20-22,26H,12-16H2,1-2H3. The molecule has 0 aliphatic carbocycles. The fourth-order valence-electron chi connectivity index (χ4n) is 4.72. The van der Waals surface area contributed by atoms with Gasteiger partial charge < -0.3 is 19.9 Å². The number of hydrogen-bond acceptors (Lipinski definition) is 5. The summed E-state index contributed by atoms with van der Waals surface area (Å²) in [5.41, 5.74) is 2.40. The zero-order valence-electron chi connectivity index (χ0n) is 18.5. The smallest absolute Gasteiger partial charge is 0.311 e. The molecule has 32 heavy (non-hydrogen) atoms. The first-order valence-electron chi connectivity index (χ1n) is 11.0. The van der Waals surface area contributed by atoms with Crippen LogP contribution in [0.5, 0.6) is 0 Å². The highest BCUT2D eigenvalue weighted by Crippen LogP contribution is 2.43. The highest BCUT2D eigenvalue weighted by molar-refractivity contribution is 5.99. The lowest BCUT2D eigenvalue weighted by Gasteiger charge is -2.35. The van der Waals surface area contributed by atoms with Crippen LogP contribution in [0.1, 0.15) is 33.9 Å². The van der Waals surface area contributed by atoms with Gasteiger partial charge in [-0.15, -0.1) is 0 Å². The van der Waals surface area contributed by atoms with E-state index >= 15 is 0 Å². The molecule has 168 valence electrons. The molecule has 4 rings (SSSR count). The SMILES string of the molecule is COC(=O)C1CC(C(=O)N2CCNCC2)N(C(=O)c2ccccc2)C1c1ccc(C)cc1. The Bertz CT molecular complexity index is 970. The molecule has 0 radical (unpaired) electrons. The Morgan fingerprint density at radius 3 is 2.25 bits per heavy atom. The fraction of sp³-hybridized carbons (Fsp3) is 0.400. The minimum absolute atomic E-state index is 0.112. The maximum atomic E-state index is 13.7. The zero-order valence-corrected chi connectivity index (χ0v) is 18.5. The predicted octanol–water partition coefficient (Wildman–Crippen LogP) is 2.17. The van der Waals surface area contributed by atoms with E-state index in [0.29, 0.717) is 31.7 Å². The molecular formula is C25H29N3O4. The van der Waals surface area contributed by atoms with Gasteiger partial charge in [-0.1, -0.05) is 48.0 Å². The van der Waals surface area contributed by atoms with E-state index in [1.165, 1.54) is 7.11 Å². The number of ether oxygens (including phenoxy) is 1. The third-order valence-corrected chi connectivity index (χ3v) is 6.39. The summed E-state index contributed by atoms with van der Waals surface area (Å²) in [6.45, 7) is 4.58. The summed E-state index contributed by atoms with van der Waals surface area (Å²) in [7, 11) is 1.35. The van der Waals surface area contributed by atoms with Crippen LogP contribution in [-0.4, -0.2) is 66.9 Å². The number of nitrogens with one attached hydrogen (secondary N) is 1. The molecule has 7 heteroatoms. The molecule has 0 saturated carbocycles. The summed E-state index contributed by atoms with van der Waals surface area (Å²) in [5, 5.41) is 3.25. The Morgan fingerprint density at radius 2 is 1.62 bits per heavy atom. The second-order valence-corrected chi connectivity index (χ2v) is 8.39. The molecule has 2 aromatic rings. The summed E-state index contributed by atoms with van der Waals surface area (Å²) < 4.78 is 5.11. The van der Waals surface area contributed by atoms with Gasteiger partial charge in [-0.2, -0.15) is 0 Å². The summed E-state index contributed by atoms with van der Waals surface area (Å²) in [6.07, 6.45) is 0.243. The molecule has 1 N–H and O–H groups in total. The second-order valence-electron chi connectivity index (χ2n) is 8.39. The van der Waals surface area contributed by atoms with Crippen molar-refractivity contribution < 1.29 is 19.1 Å². The first kappa shape index (κ1) is 22.0. The molecule has 2 aliphatic heterocycles. The zero-order chi connectivity index (χ0) is 22.7. The number of piperazine rings is 1. The Balaban J connectivity index is 1.78. The monoisotopic (exact) mass is 435 g/mol. The van der Waals surface area contributed by atoms with Crippen LogP contribution in [-0.2, 0) is 14.3 Å². The number of aryl methyl sites for hydroxylation is 1. The number of amides is 2. The number of benzene rings is 2. The van der Waals surface area contributed by atoms with Crippen molar-refractivity contribution in [2.45, 2.75) is 25.4 Å². The quantitative estimate of drug-likeness (QED) is 0.745. The minimum atomic E-state index is -0.726. The van der Waals surface area contributed by atoms with Crippen molar-refractivity contribution in [1.82, 2.24) is 15.1 Å². The maximum Gasteiger partial charge on any atom is 0.311 e. The lowest BCUT2D eigenvalue weighted by atomic mass is 9.92. The average molecular weight is 436 g/mol. The van der Waals surface area contributed by atoms with E-state index in [0.717, 1.165) is 11.1 Å². The Hall–Kier alpha value is -3.19. The van der Waals surface area contributed by atoms with Gasteiger partial charge in [0.15, 0.2) is 0 Å². The Morgan fingerprint density at radius 1 is 0.969 bits per heavy atom. The third kappa shape index (κ3) is 4.25. The highest BCUT2D eigenvalue weighted by atomic mass is 16.5. The van der Waals surface area contributed by atoms with Crippen molar-refractivity contribution in [3.8, 4) is 0 Å². The third-order valence-electron chi connectivity index (χ3n) is 6.39. The second kappa shape index (κ2) is 9.53. The van der Waals surface area contributed by atoms with Crippen molar-refractivity contribution in [1.29, 1.82) is 0 Å². The number of carbonyl (C=O) groups is 3. The van der Waals surface area contributed by atoms with Crippen LogP contribution < -0.4 is 5.32 Å². The van der Waals surface area contributed by atoms with Crippen LogP contribution in [0.4, 0.5) is 0 Å². The molecular weight excluding hydrogens is 406 g/mol. The summed E-state index contributed by atoms with van der Waals surface area (Å²) in [6, 6.07) is 15.4. The van der Waals surface area contributed by atoms with Crippen LogP contribution in [0, 0.1) is 12.8 Å².